The van der Waals surface area contributed by atoms with Gasteiger partial charge in [0.25, 0.3) is 0 Å². The quantitative estimate of drug-likeness (QED) is 0.424. The van der Waals surface area contributed by atoms with Crippen molar-refractivity contribution in [2.24, 2.45) is 0 Å². The molecule has 0 unspecified atom stereocenters. The smallest absolute Gasteiger partial charge is 0.100 e. The summed E-state index contributed by atoms with van der Waals surface area (Å²) >= 11 is 1.70. The Morgan fingerprint density at radius 1 is 0.844 bits per heavy atom. The molecule has 1 aliphatic rings. The molecule has 0 atom stereocenters. The number of hydrogen-bond acceptors (Lipinski definition) is 4. The SMILES string of the molecule is CN(C)c1ccc(C2(c3ccc(N(C)C)cc3)C=Cc3c(-c4ccsc4)n[nH]c3C2)cc1. The van der Waals surface area contributed by atoms with Crippen LogP contribution in [0.2, 0.25) is 0 Å². The van der Waals surface area contributed by atoms with Crippen molar-refractivity contribution in [3.05, 3.63) is 93.8 Å². The summed E-state index contributed by atoms with van der Waals surface area (Å²) in [7, 11) is 8.31. The maximum absolute atomic E-state index is 4.68. The van der Waals surface area contributed by atoms with E-state index in [9.17, 15) is 0 Å². The maximum atomic E-state index is 4.68. The minimum Gasteiger partial charge on any atom is -0.378 e. The molecule has 0 amide bonds. The molecule has 1 aliphatic carbocycles. The van der Waals surface area contributed by atoms with Crippen molar-refractivity contribution in [1.29, 1.82) is 0 Å². The minimum atomic E-state index is -0.249. The van der Waals surface area contributed by atoms with Crippen LogP contribution in [-0.4, -0.2) is 38.4 Å². The van der Waals surface area contributed by atoms with Crippen molar-refractivity contribution in [1.82, 2.24) is 10.2 Å². The highest BCUT2D eigenvalue weighted by molar-refractivity contribution is 7.08. The Bertz CT molecular complexity index is 1180. The number of rotatable bonds is 5. The molecule has 2 aromatic carbocycles. The summed E-state index contributed by atoms with van der Waals surface area (Å²) in [4.78, 5) is 4.28. The molecule has 1 N–H and O–H groups in total. The summed E-state index contributed by atoms with van der Waals surface area (Å²) in [5.41, 5.74) is 9.33. The van der Waals surface area contributed by atoms with Gasteiger partial charge in [-0.3, -0.25) is 5.10 Å². The topological polar surface area (TPSA) is 35.2 Å². The van der Waals surface area contributed by atoms with Crippen molar-refractivity contribution in [2.45, 2.75) is 11.8 Å². The van der Waals surface area contributed by atoms with E-state index in [1.165, 1.54) is 39.3 Å². The van der Waals surface area contributed by atoms with E-state index in [0.717, 1.165) is 12.1 Å². The number of fused-ring (bicyclic) bond motifs is 1. The number of aromatic nitrogens is 2. The van der Waals surface area contributed by atoms with E-state index in [1.807, 2.05) is 0 Å². The van der Waals surface area contributed by atoms with Crippen LogP contribution < -0.4 is 9.80 Å². The van der Waals surface area contributed by atoms with Gasteiger partial charge >= 0.3 is 0 Å². The van der Waals surface area contributed by atoms with Crippen molar-refractivity contribution in [3.63, 3.8) is 0 Å². The van der Waals surface area contributed by atoms with E-state index in [1.54, 1.807) is 11.3 Å². The first-order chi connectivity index (χ1) is 15.5. The van der Waals surface area contributed by atoms with Crippen LogP contribution in [0.1, 0.15) is 22.4 Å². The minimum absolute atomic E-state index is 0.249. The number of nitrogens with one attached hydrogen (secondary N) is 1. The van der Waals surface area contributed by atoms with Crippen LogP contribution in [0.3, 0.4) is 0 Å². The van der Waals surface area contributed by atoms with Gasteiger partial charge in [0.2, 0.25) is 0 Å². The lowest BCUT2D eigenvalue weighted by Gasteiger charge is -2.35. The molecule has 0 bridgehead atoms. The average molecular weight is 441 g/mol. The standard InChI is InChI=1S/C27H28N4S/c1-30(2)22-9-5-20(6-10-22)27(21-7-11-23(12-8-21)31(3)4)15-13-24-25(17-27)28-29-26(24)19-14-16-32-18-19/h5-16,18H,17H2,1-4H3,(H,28,29). The average Bonchev–Trinajstić information content (AvgIpc) is 3.48. The largest absolute Gasteiger partial charge is 0.378 e. The van der Waals surface area contributed by atoms with Crippen LogP contribution in [0.15, 0.2) is 71.4 Å². The zero-order valence-electron chi connectivity index (χ0n) is 19.0. The van der Waals surface area contributed by atoms with Crippen LogP contribution in [0.4, 0.5) is 11.4 Å². The first-order valence-electron chi connectivity index (χ1n) is 10.8. The Morgan fingerprint density at radius 3 is 1.94 bits per heavy atom. The van der Waals surface area contributed by atoms with Crippen LogP contribution in [0, 0.1) is 0 Å². The fourth-order valence-corrected chi connectivity index (χ4v) is 5.20. The number of allylic oxidation sites excluding steroid dienone is 1. The van der Waals surface area contributed by atoms with Gasteiger partial charge in [-0.2, -0.15) is 16.4 Å². The zero-order valence-corrected chi connectivity index (χ0v) is 19.8. The van der Waals surface area contributed by atoms with E-state index in [-0.39, 0.29) is 5.41 Å². The highest BCUT2D eigenvalue weighted by atomic mass is 32.1. The fourth-order valence-electron chi connectivity index (χ4n) is 4.56. The monoisotopic (exact) mass is 440 g/mol. The molecule has 32 heavy (non-hydrogen) atoms. The molecule has 0 spiro atoms. The van der Waals surface area contributed by atoms with E-state index in [0.29, 0.717) is 0 Å². The molecule has 2 heterocycles. The fraction of sp³-hybridized carbons (Fsp3) is 0.222. The van der Waals surface area contributed by atoms with Gasteiger partial charge in [0, 0.05) is 73.6 Å². The van der Waals surface area contributed by atoms with E-state index in [2.05, 4.69) is 126 Å². The predicted molar refractivity (Wildman–Crippen MR) is 137 cm³/mol. The Kier molecular flexibility index (Phi) is 5.14. The Hall–Kier alpha value is -3.31. The number of benzene rings is 2. The lowest BCUT2D eigenvalue weighted by molar-refractivity contribution is 0.620. The number of H-pyrrole nitrogens is 1. The van der Waals surface area contributed by atoms with Gasteiger partial charge in [0.15, 0.2) is 0 Å². The molecule has 5 rings (SSSR count). The van der Waals surface area contributed by atoms with Crippen molar-refractivity contribution < 1.29 is 0 Å². The van der Waals surface area contributed by atoms with Gasteiger partial charge < -0.3 is 9.80 Å². The van der Waals surface area contributed by atoms with Crippen molar-refractivity contribution >= 4 is 28.8 Å². The third-order valence-corrected chi connectivity index (χ3v) is 7.15. The number of aromatic amines is 1. The Labute approximate surface area is 193 Å². The highest BCUT2D eigenvalue weighted by Crippen LogP contribution is 2.43. The number of thiophene rings is 1. The van der Waals surface area contributed by atoms with Gasteiger partial charge in [-0.15, -0.1) is 0 Å². The molecule has 0 aliphatic heterocycles. The molecule has 0 saturated carbocycles. The third kappa shape index (κ3) is 3.43. The summed E-state index contributed by atoms with van der Waals surface area (Å²) < 4.78 is 0. The molecular weight excluding hydrogens is 412 g/mol. The highest BCUT2D eigenvalue weighted by Gasteiger charge is 2.36. The summed E-state index contributed by atoms with van der Waals surface area (Å²) in [6.07, 6.45) is 5.48. The second-order valence-electron chi connectivity index (χ2n) is 8.84. The lowest BCUT2D eigenvalue weighted by Crippen LogP contribution is -2.30. The summed E-state index contributed by atoms with van der Waals surface area (Å²) in [5, 5.41) is 12.3. The molecular formula is C27H28N4S. The normalized spacial score (nSPS) is 14.2. The van der Waals surface area contributed by atoms with Gasteiger partial charge in [-0.1, -0.05) is 36.4 Å². The van der Waals surface area contributed by atoms with E-state index in [4.69, 9.17) is 0 Å². The van der Waals surface area contributed by atoms with Crippen molar-refractivity contribution in [2.75, 3.05) is 38.0 Å². The van der Waals surface area contributed by atoms with Crippen LogP contribution in [0.5, 0.6) is 0 Å². The molecule has 4 nitrogen and oxygen atoms in total. The molecule has 5 heteroatoms. The van der Waals surface area contributed by atoms with Crippen molar-refractivity contribution in [3.8, 4) is 11.3 Å². The number of anilines is 2. The number of hydrogen-bond donors (Lipinski definition) is 1. The number of nitrogens with zero attached hydrogens (tertiary/aromatic N) is 3. The zero-order chi connectivity index (χ0) is 22.3. The first kappa shape index (κ1) is 20.6. The second kappa shape index (κ2) is 7.99. The summed E-state index contributed by atoms with van der Waals surface area (Å²) in [6, 6.07) is 20.0. The molecule has 0 fully saturated rings. The van der Waals surface area contributed by atoms with E-state index >= 15 is 0 Å². The van der Waals surface area contributed by atoms with E-state index < -0.39 is 0 Å². The lowest BCUT2D eigenvalue weighted by atomic mass is 9.68. The molecule has 2 aromatic heterocycles. The summed E-state index contributed by atoms with van der Waals surface area (Å²) in [5.74, 6) is 0. The van der Waals surface area contributed by atoms with Gasteiger partial charge in [-0.25, -0.2) is 0 Å². The third-order valence-electron chi connectivity index (χ3n) is 6.47. The van der Waals surface area contributed by atoms with Gasteiger partial charge in [-0.05, 0) is 46.8 Å². The maximum Gasteiger partial charge on any atom is 0.100 e. The summed E-state index contributed by atoms with van der Waals surface area (Å²) in [6.45, 7) is 0. The molecule has 0 saturated heterocycles. The second-order valence-corrected chi connectivity index (χ2v) is 9.62. The van der Waals surface area contributed by atoms with Crippen LogP contribution in [-0.2, 0) is 11.8 Å². The molecule has 162 valence electrons. The molecule has 4 aromatic rings. The van der Waals surface area contributed by atoms with Crippen LogP contribution >= 0.6 is 11.3 Å². The first-order valence-corrected chi connectivity index (χ1v) is 11.8. The van der Waals surface area contributed by atoms with Gasteiger partial charge in [0.1, 0.15) is 5.69 Å². The Balaban J connectivity index is 1.62. The van der Waals surface area contributed by atoms with Gasteiger partial charge in [0.05, 0.1) is 0 Å². The Morgan fingerprint density at radius 2 is 1.44 bits per heavy atom. The molecule has 0 radical (unpaired) electrons. The van der Waals surface area contributed by atoms with Crippen LogP contribution in [0.25, 0.3) is 17.3 Å². The predicted octanol–water partition coefficient (Wildman–Crippen LogP) is 5.83.